The van der Waals surface area contributed by atoms with Crippen LogP contribution in [0.2, 0.25) is 0 Å². The summed E-state index contributed by atoms with van der Waals surface area (Å²) >= 11 is 0. The predicted molar refractivity (Wildman–Crippen MR) is 123 cm³/mol. The van der Waals surface area contributed by atoms with E-state index in [1.807, 2.05) is 11.0 Å². The van der Waals surface area contributed by atoms with E-state index in [1.165, 1.54) is 16.5 Å². The highest BCUT2D eigenvalue weighted by Gasteiger charge is 2.37. The smallest absolute Gasteiger partial charge is 0.317 e. The van der Waals surface area contributed by atoms with E-state index in [0.717, 1.165) is 57.9 Å². The van der Waals surface area contributed by atoms with E-state index >= 15 is 0 Å². The molecule has 2 aromatic rings. The number of fused-ring (bicyclic) bond motifs is 2. The molecule has 170 valence electrons. The number of hydrogen-bond donors (Lipinski definition) is 1. The summed E-state index contributed by atoms with van der Waals surface area (Å²) in [6.45, 7) is 10.8. The molecule has 3 heterocycles. The lowest BCUT2D eigenvalue weighted by molar-refractivity contribution is 0.0543. The lowest BCUT2D eigenvalue weighted by Crippen LogP contribution is -2.55. The van der Waals surface area contributed by atoms with Crippen LogP contribution in [-0.4, -0.2) is 72.9 Å². The average Bonchev–Trinajstić information content (AvgIpc) is 2.99. The fraction of sp³-hybridized carbons (Fsp3) is 0.625. The molecular weight excluding hydrogens is 392 g/mol. The van der Waals surface area contributed by atoms with Gasteiger partial charge in [-0.3, -0.25) is 4.90 Å². The van der Waals surface area contributed by atoms with Gasteiger partial charge in [-0.2, -0.15) is 0 Å². The number of methoxy groups -OCH3 is 1. The lowest BCUT2D eigenvalue weighted by atomic mass is 9.91. The molecule has 1 aromatic carbocycles. The summed E-state index contributed by atoms with van der Waals surface area (Å²) in [5.41, 5.74) is 2.59. The van der Waals surface area contributed by atoms with Crippen molar-refractivity contribution in [2.45, 2.75) is 45.8 Å². The van der Waals surface area contributed by atoms with Crippen molar-refractivity contribution in [3.8, 4) is 5.75 Å². The maximum atomic E-state index is 12.7. The van der Waals surface area contributed by atoms with Crippen LogP contribution in [0.3, 0.4) is 0 Å². The number of carbonyl (C=O) groups excluding carboxylic acids is 1. The van der Waals surface area contributed by atoms with Gasteiger partial charge in [-0.15, -0.1) is 0 Å². The number of amides is 2. The van der Waals surface area contributed by atoms with E-state index in [9.17, 15) is 4.79 Å². The van der Waals surface area contributed by atoms with Crippen LogP contribution in [0.15, 0.2) is 24.4 Å². The van der Waals surface area contributed by atoms with Crippen molar-refractivity contribution in [2.24, 2.45) is 5.92 Å². The Hall–Kier alpha value is -2.25. The molecule has 0 bridgehead atoms. The summed E-state index contributed by atoms with van der Waals surface area (Å²) in [7, 11) is 1.72. The molecule has 0 unspecified atom stereocenters. The van der Waals surface area contributed by atoms with Crippen LogP contribution < -0.4 is 10.1 Å². The largest absolute Gasteiger partial charge is 0.497 e. The van der Waals surface area contributed by atoms with Crippen LogP contribution in [0.4, 0.5) is 4.79 Å². The summed E-state index contributed by atoms with van der Waals surface area (Å²) in [5, 5.41) is 4.32. The molecule has 2 atom stereocenters. The summed E-state index contributed by atoms with van der Waals surface area (Å²) in [6, 6.07) is 6.66. The first-order chi connectivity index (χ1) is 15.1. The number of piperidine rings is 1. The molecule has 7 nitrogen and oxygen atoms in total. The number of nitrogens with one attached hydrogen (secondary N) is 1. The predicted octanol–water partition coefficient (Wildman–Crippen LogP) is 3.31. The van der Waals surface area contributed by atoms with Crippen LogP contribution >= 0.6 is 0 Å². The van der Waals surface area contributed by atoms with E-state index in [-0.39, 0.29) is 12.1 Å². The molecular formula is C24H36N4O3. The Morgan fingerprint density at radius 3 is 2.94 bits per heavy atom. The third-order valence-corrected chi connectivity index (χ3v) is 6.68. The fourth-order valence-electron chi connectivity index (χ4n) is 5.07. The molecule has 0 saturated carbocycles. The molecule has 0 radical (unpaired) electrons. The van der Waals surface area contributed by atoms with Crippen LogP contribution in [0.25, 0.3) is 10.9 Å². The lowest BCUT2D eigenvalue weighted by Gasteiger charge is -2.42. The molecule has 2 aliphatic heterocycles. The fourth-order valence-corrected chi connectivity index (χ4v) is 5.07. The minimum atomic E-state index is 0.0638. The number of likely N-dealkylation sites (tertiary alicyclic amines) is 1. The maximum absolute atomic E-state index is 12.7. The number of benzene rings is 1. The molecule has 2 fully saturated rings. The Morgan fingerprint density at radius 1 is 1.29 bits per heavy atom. The van der Waals surface area contributed by atoms with E-state index in [4.69, 9.17) is 9.47 Å². The summed E-state index contributed by atoms with van der Waals surface area (Å²) < 4.78 is 13.7. The normalized spacial score (nSPS) is 22.2. The Balaban J connectivity index is 1.49. The summed E-state index contributed by atoms with van der Waals surface area (Å²) in [6.07, 6.45) is 4.22. The number of aryl methyl sites for hydroxylation is 1. The number of nitrogens with zero attached hydrogens (tertiary/aromatic N) is 3. The highest BCUT2D eigenvalue weighted by Crippen LogP contribution is 2.30. The van der Waals surface area contributed by atoms with Crippen LogP contribution in [0.1, 0.15) is 32.3 Å². The molecule has 0 aliphatic carbocycles. The van der Waals surface area contributed by atoms with E-state index in [0.29, 0.717) is 19.1 Å². The van der Waals surface area contributed by atoms with Gasteiger partial charge < -0.3 is 24.3 Å². The second-order valence-corrected chi connectivity index (χ2v) is 8.67. The quantitative estimate of drug-likeness (QED) is 0.767. The van der Waals surface area contributed by atoms with E-state index in [1.54, 1.807) is 7.11 Å². The topological polar surface area (TPSA) is 59.0 Å². The maximum Gasteiger partial charge on any atom is 0.317 e. The molecule has 7 heteroatoms. The summed E-state index contributed by atoms with van der Waals surface area (Å²) in [5.74, 6) is 1.24. The van der Waals surface area contributed by atoms with Gasteiger partial charge in [0.15, 0.2) is 0 Å². The van der Waals surface area contributed by atoms with E-state index in [2.05, 4.69) is 47.0 Å². The Labute approximate surface area is 185 Å². The zero-order chi connectivity index (χ0) is 21.8. The number of rotatable bonds is 6. The third-order valence-electron chi connectivity index (χ3n) is 6.68. The molecule has 2 amide bonds. The van der Waals surface area contributed by atoms with Crippen LogP contribution in [0, 0.1) is 5.92 Å². The van der Waals surface area contributed by atoms with Gasteiger partial charge in [0.25, 0.3) is 0 Å². The summed E-state index contributed by atoms with van der Waals surface area (Å²) in [4.78, 5) is 17.3. The standard InChI is InChI=1S/C24H36N4O3/c1-4-9-25-24(29)28-11-12-31-17-19-15-26(10-8-22(19)28)14-18-16-27(5-2)23-7-6-20(30-3)13-21(18)23/h6-7,13,16,19,22H,4-5,8-12,14-15,17H2,1-3H3,(H,25,29)/t19-,22-/m1/s1. The molecule has 31 heavy (non-hydrogen) atoms. The van der Waals surface area contributed by atoms with Crippen molar-refractivity contribution < 1.29 is 14.3 Å². The second kappa shape index (κ2) is 9.92. The van der Waals surface area contributed by atoms with Gasteiger partial charge in [0.2, 0.25) is 0 Å². The number of ether oxygens (including phenoxy) is 2. The first-order valence-electron chi connectivity index (χ1n) is 11.6. The SMILES string of the molecule is CCCNC(=O)N1CCOC[C@H]2CN(Cc3cn(CC)c4ccc(OC)cc34)CC[C@H]21. The van der Waals surface area contributed by atoms with Crippen molar-refractivity contribution in [2.75, 3.05) is 46.5 Å². The number of urea groups is 1. The van der Waals surface area contributed by atoms with Crippen molar-refractivity contribution in [3.05, 3.63) is 30.0 Å². The highest BCUT2D eigenvalue weighted by atomic mass is 16.5. The molecule has 2 aliphatic rings. The van der Waals surface area contributed by atoms with Gasteiger partial charge in [-0.25, -0.2) is 4.79 Å². The van der Waals surface area contributed by atoms with Gasteiger partial charge in [0.1, 0.15) is 5.75 Å². The van der Waals surface area contributed by atoms with Gasteiger partial charge in [0.05, 0.1) is 20.3 Å². The number of aromatic nitrogens is 1. The average molecular weight is 429 g/mol. The zero-order valence-corrected chi connectivity index (χ0v) is 19.1. The Bertz CT molecular complexity index is 896. The second-order valence-electron chi connectivity index (χ2n) is 8.67. The van der Waals surface area contributed by atoms with Crippen LogP contribution in [0.5, 0.6) is 5.75 Å². The molecule has 2 saturated heterocycles. The minimum absolute atomic E-state index is 0.0638. The van der Waals surface area contributed by atoms with Crippen molar-refractivity contribution in [1.82, 2.24) is 19.7 Å². The Morgan fingerprint density at radius 2 is 2.16 bits per heavy atom. The van der Waals surface area contributed by atoms with Gasteiger partial charge >= 0.3 is 6.03 Å². The van der Waals surface area contributed by atoms with Gasteiger partial charge in [-0.05, 0) is 43.5 Å². The highest BCUT2D eigenvalue weighted by molar-refractivity contribution is 5.85. The first kappa shape index (κ1) is 22.0. The third kappa shape index (κ3) is 4.67. The Kier molecular flexibility index (Phi) is 7.02. The zero-order valence-electron chi connectivity index (χ0n) is 19.1. The minimum Gasteiger partial charge on any atom is -0.497 e. The number of carbonyl (C=O) groups is 1. The molecule has 1 N–H and O–H groups in total. The van der Waals surface area contributed by atoms with Gasteiger partial charge in [-0.1, -0.05) is 6.92 Å². The van der Waals surface area contributed by atoms with Crippen molar-refractivity contribution in [1.29, 1.82) is 0 Å². The molecule has 4 rings (SSSR count). The molecule has 1 aromatic heterocycles. The number of hydrogen-bond acceptors (Lipinski definition) is 4. The molecule has 0 spiro atoms. The van der Waals surface area contributed by atoms with Crippen molar-refractivity contribution in [3.63, 3.8) is 0 Å². The van der Waals surface area contributed by atoms with Crippen LogP contribution in [-0.2, 0) is 17.8 Å². The van der Waals surface area contributed by atoms with Crippen molar-refractivity contribution >= 4 is 16.9 Å². The monoisotopic (exact) mass is 428 g/mol. The van der Waals surface area contributed by atoms with Gasteiger partial charge in [0, 0.05) is 68.3 Å². The van der Waals surface area contributed by atoms with E-state index < -0.39 is 0 Å². The first-order valence-corrected chi connectivity index (χ1v) is 11.6.